The molecule has 0 bridgehead atoms. The van der Waals surface area contributed by atoms with Gasteiger partial charge in [-0.1, -0.05) is 0 Å². The van der Waals surface area contributed by atoms with Gasteiger partial charge >= 0.3 is 23.9 Å². The number of aromatic nitrogens is 4. The predicted molar refractivity (Wildman–Crippen MR) is 222 cm³/mol. The lowest BCUT2D eigenvalue weighted by Gasteiger charge is -2.01. The van der Waals surface area contributed by atoms with Crippen molar-refractivity contribution in [1.82, 2.24) is 19.9 Å². The van der Waals surface area contributed by atoms with E-state index in [9.17, 15) is 19.2 Å². The first-order valence-corrected chi connectivity index (χ1v) is 17.7. The van der Waals surface area contributed by atoms with Crippen LogP contribution in [0.5, 0.6) is 23.0 Å². The lowest BCUT2D eigenvalue weighted by molar-refractivity contribution is 0.0686. The number of benzene rings is 4. The lowest BCUT2D eigenvalue weighted by atomic mass is 10.2. The number of rotatable bonds is 4. The van der Waals surface area contributed by atoms with Gasteiger partial charge in [0.05, 0.1) is 67.8 Å². The summed E-state index contributed by atoms with van der Waals surface area (Å²) in [7, 11) is 0. The number of phenolic OH excluding ortho intramolecular Hbond substituents is 4. The van der Waals surface area contributed by atoms with Gasteiger partial charge in [-0.15, -0.1) is 0 Å². The molecule has 16 heteroatoms. The fraction of sp³-hybridized carbons (Fsp3) is 0.182. The molecule has 0 aliphatic heterocycles. The van der Waals surface area contributed by atoms with E-state index < -0.39 is 23.9 Å². The zero-order valence-electron chi connectivity index (χ0n) is 34.2. The molecule has 0 aliphatic carbocycles. The summed E-state index contributed by atoms with van der Waals surface area (Å²) < 4.78 is 0. The molecule has 16 nitrogen and oxygen atoms in total. The minimum atomic E-state index is -0.986. The zero-order valence-corrected chi connectivity index (χ0v) is 34.2. The summed E-state index contributed by atoms with van der Waals surface area (Å²) in [5.74, 6) is -3.65. The highest BCUT2D eigenvalue weighted by molar-refractivity contribution is 5.89. The number of carbonyl (C=O) groups is 4. The molecule has 2 aromatic heterocycles. The molecule has 0 unspecified atom stereocenters. The van der Waals surface area contributed by atoms with E-state index in [0.29, 0.717) is 0 Å². The maximum Gasteiger partial charge on any atom is 0.335 e. The van der Waals surface area contributed by atoms with Crippen LogP contribution in [-0.2, 0) is 0 Å². The SMILES string of the molecule is Cc1nc(C)c(C)nc1C.Cc1nc(C)c(C)nc1C.O=C(O)c1ccc(O)cc1.O=C(O)c1ccc(O)cc1.O=C(O)c1ccc(O)cc1.O=C(O)c1ccc(O)cc1. The highest BCUT2D eigenvalue weighted by Crippen LogP contribution is 2.12. The van der Waals surface area contributed by atoms with Crippen LogP contribution in [0.1, 0.15) is 87.0 Å². The van der Waals surface area contributed by atoms with Crippen molar-refractivity contribution in [2.75, 3.05) is 0 Å². The lowest BCUT2D eigenvalue weighted by Crippen LogP contribution is -1.97. The number of hydrogen-bond acceptors (Lipinski definition) is 12. The van der Waals surface area contributed by atoms with E-state index in [1.54, 1.807) is 0 Å². The van der Waals surface area contributed by atoms with Crippen LogP contribution in [0.2, 0.25) is 0 Å². The summed E-state index contributed by atoms with van der Waals surface area (Å²) in [6.07, 6.45) is 0. The number of carboxylic acid groups (broad SMARTS) is 4. The normalized spacial score (nSPS) is 9.47. The summed E-state index contributed by atoms with van der Waals surface area (Å²) in [6.45, 7) is 15.8. The Balaban J connectivity index is 0.000000360. The van der Waals surface area contributed by atoms with Gasteiger partial charge in [-0.25, -0.2) is 19.2 Å². The highest BCUT2D eigenvalue weighted by atomic mass is 16.4. The Morgan fingerprint density at radius 2 is 0.400 bits per heavy atom. The Labute approximate surface area is 346 Å². The molecule has 0 atom stereocenters. The molecule has 6 aromatic rings. The average Bonchev–Trinajstić information content (AvgIpc) is 3.18. The van der Waals surface area contributed by atoms with Crippen molar-refractivity contribution in [3.63, 3.8) is 0 Å². The number of phenols is 4. The third-order valence-corrected chi connectivity index (χ3v) is 7.89. The van der Waals surface area contributed by atoms with Crippen LogP contribution >= 0.6 is 0 Å². The van der Waals surface area contributed by atoms with Gasteiger partial charge in [0.2, 0.25) is 0 Å². The van der Waals surface area contributed by atoms with Crippen molar-refractivity contribution in [3.8, 4) is 23.0 Å². The summed E-state index contributed by atoms with van der Waals surface area (Å²) >= 11 is 0. The van der Waals surface area contributed by atoms with E-state index in [1.807, 2.05) is 55.4 Å². The first-order chi connectivity index (χ1) is 28.0. The van der Waals surface area contributed by atoms with Gasteiger partial charge in [0.25, 0.3) is 0 Å². The molecule has 0 amide bonds. The second kappa shape index (κ2) is 24.7. The molecule has 60 heavy (non-hydrogen) atoms. The Morgan fingerprint density at radius 1 is 0.283 bits per heavy atom. The van der Waals surface area contributed by atoms with Crippen LogP contribution in [-0.4, -0.2) is 84.7 Å². The first-order valence-electron chi connectivity index (χ1n) is 17.7. The van der Waals surface area contributed by atoms with Crippen molar-refractivity contribution in [2.24, 2.45) is 0 Å². The largest absolute Gasteiger partial charge is 0.508 e. The Bertz CT molecular complexity index is 1950. The van der Waals surface area contributed by atoms with Gasteiger partial charge in [-0.2, -0.15) is 0 Å². The smallest absolute Gasteiger partial charge is 0.335 e. The van der Waals surface area contributed by atoms with Gasteiger partial charge in [-0.3, -0.25) is 19.9 Å². The van der Waals surface area contributed by atoms with E-state index in [2.05, 4.69) is 19.9 Å². The minimum absolute atomic E-state index is 0.0741. The third kappa shape index (κ3) is 18.8. The molecule has 0 spiro atoms. The van der Waals surface area contributed by atoms with Gasteiger partial charge in [-0.05, 0) is 152 Å². The number of aromatic hydroxyl groups is 4. The second-order valence-corrected chi connectivity index (χ2v) is 12.5. The molecular weight excluding hydrogens is 777 g/mol. The molecule has 316 valence electrons. The van der Waals surface area contributed by atoms with E-state index in [4.69, 9.17) is 40.9 Å². The predicted octanol–water partition coefficient (Wildman–Crippen LogP) is 7.78. The highest BCUT2D eigenvalue weighted by Gasteiger charge is 2.03. The summed E-state index contributed by atoms with van der Waals surface area (Å²) in [4.78, 5) is 58.2. The number of nitrogens with zero attached hydrogens (tertiary/aromatic N) is 4. The Hall–Kier alpha value is -7.88. The molecule has 0 radical (unpaired) electrons. The van der Waals surface area contributed by atoms with E-state index in [-0.39, 0.29) is 45.3 Å². The molecular formula is C44H48N4O12. The van der Waals surface area contributed by atoms with E-state index >= 15 is 0 Å². The van der Waals surface area contributed by atoms with Crippen LogP contribution in [0.3, 0.4) is 0 Å². The van der Waals surface area contributed by atoms with Crippen LogP contribution in [0.15, 0.2) is 97.1 Å². The van der Waals surface area contributed by atoms with Crippen LogP contribution in [0.25, 0.3) is 0 Å². The topological polar surface area (TPSA) is 282 Å². The summed E-state index contributed by atoms with van der Waals surface area (Å²) in [5, 5.41) is 68.6. The number of hydrogen-bond donors (Lipinski definition) is 8. The van der Waals surface area contributed by atoms with Crippen LogP contribution < -0.4 is 0 Å². The maximum atomic E-state index is 10.2. The van der Waals surface area contributed by atoms with Crippen molar-refractivity contribution < 1.29 is 60.0 Å². The molecule has 0 aliphatic rings. The van der Waals surface area contributed by atoms with Crippen molar-refractivity contribution in [2.45, 2.75) is 55.4 Å². The van der Waals surface area contributed by atoms with E-state index in [0.717, 1.165) is 45.6 Å². The van der Waals surface area contributed by atoms with Crippen molar-refractivity contribution >= 4 is 23.9 Å². The van der Waals surface area contributed by atoms with E-state index in [1.165, 1.54) is 97.1 Å². The molecule has 4 aromatic carbocycles. The van der Waals surface area contributed by atoms with Gasteiger partial charge in [0.15, 0.2) is 0 Å². The Morgan fingerprint density at radius 3 is 0.500 bits per heavy atom. The van der Waals surface area contributed by atoms with Crippen LogP contribution in [0.4, 0.5) is 0 Å². The van der Waals surface area contributed by atoms with Gasteiger partial charge < -0.3 is 40.9 Å². The Kier molecular flexibility index (Phi) is 20.6. The molecule has 8 N–H and O–H groups in total. The average molecular weight is 825 g/mol. The second-order valence-electron chi connectivity index (χ2n) is 12.5. The third-order valence-electron chi connectivity index (χ3n) is 7.89. The van der Waals surface area contributed by atoms with Crippen molar-refractivity contribution in [3.05, 3.63) is 165 Å². The first kappa shape index (κ1) is 50.1. The fourth-order valence-corrected chi connectivity index (χ4v) is 4.07. The maximum absolute atomic E-state index is 10.2. The number of aromatic carboxylic acids is 4. The summed E-state index contributed by atoms with van der Waals surface area (Å²) in [6, 6.07) is 21.5. The standard InChI is InChI=1S/2C8H12N2.4C7H6O3/c2*1-5-6(2)10-8(4)7(3)9-5;4*8-6-3-1-5(2-4-6)7(9)10/h2*1-4H3;4*1-4,8H,(H,9,10). The van der Waals surface area contributed by atoms with Gasteiger partial charge in [0, 0.05) is 0 Å². The monoisotopic (exact) mass is 824 g/mol. The minimum Gasteiger partial charge on any atom is -0.508 e. The summed E-state index contributed by atoms with van der Waals surface area (Å²) in [5.41, 5.74) is 8.96. The molecule has 0 fully saturated rings. The quantitative estimate of drug-likeness (QED) is 0.0842. The van der Waals surface area contributed by atoms with Crippen LogP contribution in [0, 0.1) is 55.4 Å². The zero-order chi connectivity index (χ0) is 45.7. The number of carboxylic acids is 4. The van der Waals surface area contributed by atoms with Crippen molar-refractivity contribution in [1.29, 1.82) is 0 Å². The van der Waals surface area contributed by atoms with Gasteiger partial charge in [0.1, 0.15) is 23.0 Å². The number of aryl methyl sites for hydroxylation is 8. The molecule has 0 saturated carbocycles. The molecule has 2 heterocycles. The fourth-order valence-electron chi connectivity index (χ4n) is 4.07. The molecule has 6 rings (SSSR count). The molecule has 0 saturated heterocycles.